The molecule has 0 aromatic carbocycles. The quantitative estimate of drug-likeness (QED) is 0.105. The lowest BCUT2D eigenvalue weighted by Crippen LogP contribution is -1.97. The van der Waals surface area contributed by atoms with Crippen LogP contribution < -0.4 is 0 Å². The van der Waals surface area contributed by atoms with Gasteiger partial charge < -0.3 is 0 Å². The van der Waals surface area contributed by atoms with Crippen LogP contribution in [0.15, 0.2) is 12.2 Å². The van der Waals surface area contributed by atoms with Crippen molar-refractivity contribution in [3.05, 3.63) is 12.2 Å². The first kappa shape index (κ1) is 23.2. The van der Waals surface area contributed by atoms with Gasteiger partial charge in [0.1, 0.15) is 0 Å². The lowest BCUT2D eigenvalue weighted by Gasteiger charge is -2.11. The van der Waals surface area contributed by atoms with E-state index in [-0.39, 0.29) is 0 Å². The van der Waals surface area contributed by atoms with Crippen molar-refractivity contribution >= 4 is 21.8 Å². The van der Waals surface area contributed by atoms with Crippen molar-refractivity contribution in [1.29, 1.82) is 0 Å². The van der Waals surface area contributed by atoms with Crippen LogP contribution in [-0.2, 0) is 0 Å². The highest BCUT2D eigenvalue weighted by molar-refractivity contribution is 6.21. The van der Waals surface area contributed by atoms with Crippen LogP contribution in [0.2, 0.25) is 5.54 Å². The largest absolute Gasteiger partial charge is 0.122 e. The minimum atomic E-state index is 0.660. The summed E-state index contributed by atoms with van der Waals surface area (Å²) >= 11 is 5.84. The third-order valence-electron chi connectivity index (χ3n) is 5.11. The number of hydrogen-bond donors (Lipinski definition) is 0. The van der Waals surface area contributed by atoms with Crippen LogP contribution in [0.3, 0.4) is 0 Å². The third-order valence-corrected chi connectivity index (χ3v) is 6.85. The number of unbranched alkanes of at least 4 members (excludes halogenated alkanes) is 14. The molecule has 0 spiro atoms. The smallest absolute Gasteiger partial charge is 0.0430 e. The standard InChI is InChI=1S/C21H43ClSi/c1-3-4-5-6-7-8-9-10-11-12-13-14-15-16-17-18-21(23)20(2)19-22/h21H,2-19H2,1,23H3. The highest BCUT2D eigenvalue weighted by Crippen LogP contribution is 2.21. The molecule has 0 aromatic heterocycles. The molecule has 0 heterocycles. The van der Waals surface area contributed by atoms with Gasteiger partial charge in [0.25, 0.3) is 0 Å². The van der Waals surface area contributed by atoms with Gasteiger partial charge in [0.2, 0.25) is 0 Å². The van der Waals surface area contributed by atoms with Gasteiger partial charge in [-0.2, -0.15) is 0 Å². The maximum atomic E-state index is 5.84. The van der Waals surface area contributed by atoms with Gasteiger partial charge in [0, 0.05) is 16.1 Å². The fourth-order valence-electron chi connectivity index (χ4n) is 3.16. The summed E-state index contributed by atoms with van der Waals surface area (Å²) in [6.45, 7) is 6.36. The molecule has 0 aliphatic rings. The highest BCUT2D eigenvalue weighted by Gasteiger charge is 2.04. The van der Waals surface area contributed by atoms with Crippen molar-refractivity contribution in [2.75, 3.05) is 5.88 Å². The van der Waals surface area contributed by atoms with Crippen molar-refractivity contribution < 1.29 is 0 Å². The van der Waals surface area contributed by atoms with E-state index >= 15 is 0 Å². The van der Waals surface area contributed by atoms with E-state index in [1.54, 1.807) is 0 Å². The first-order valence-corrected chi connectivity index (χ1v) is 12.1. The molecule has 0 saturated carbocycles. The van der Waals surface area contributed by atoms with Crippen molar-refractivity contribution in [3.8, 4) is 0 Å². The Morgan fingerprint density at radius 1 is 0.739 bits per heavy atom. The first-order chi connectivity index (χ1) is 11.2. The molecule has 23 heavy (non-hydrogen) atoms. The molecule has 0 rings (SSSR count). The third kappa shape index (κ3) is 16.9. The summed E-state index contributed by atoms with van der Waals surface area (Å²) < 4.78 is 0. The number of rotatable bonds is 18. The van der Waals surface area contributed by atoms with E-state index in [2.05, 4.69) is 13.5 Å². The zero-order valence-corrected chi connectivity index (χ0v) is 18.9. The predicted octanol–water partition coefficient (Wildman–Crippen LogP) is 7.20. The molecule has 0 N–H and O–H groups in total. The van der Waals surface area contributed by atoms with Gasteiger partial charge in [-0.3, -0.25) is 0 Å². The second-order valence-electron chi connectivity index (χ2n) is 7.43. The zero-order valence-electron chi connectivity index (χ0n) is 16.2. The molecule has 0 aliphatic carbocycles. The summed E-state index contributed by atoms with van der Waals surface area (Å²) in [5, 5.41) is 0. The molecule has 0 radical (unpaired) electrons. The average Bonchev–Trinajstić information content (AvgIpc) is 2.57. The second kappa shape index (κ2) is 18.6. The Kier molecular flexibility index (Phi) is 18.8. The molecule has 1 unspecified atom stereocenters. The molecule has 0 aliphatic heterocycles. The van der Waals surface area contributed by atoms with Crippen molar-refractivity contribution in [3.63, 3.8) is 0 Å². The zero-order chi connectivity index (χ0) is 17.2. The molecule has 0 amide bonds. The van der Waals surface area contributed by atoms with Crippen LogP contribution in [-0.4, -0.2) is 16.1 Å². The van der Waals surface area contributed by atoms with Crippen LogP contribution in [0.25, 0.3) is 0 Å². The lowest BCUT2D eigenvalue weighted by atomic mass is 10.0. The summed E-state index contributed by atoms with van der Waals surface area (Å²) in [6, 6.07) is 0. The monoisotopic (exact) mass is 358 g/mol. The van der Waals surface area contributed by atoms with Gasteiger partial charge in [-0.25, -0.2) is 0 Å². The molecule has 0 bridgehead atoms. The van der Waals surface area contributed by atoms with Gasteiger partial charge in [-0.1, -0.05) is 115 Å². The predicted molar refractivity (Wildman–Crippen MR) is 113 cm³/mol. The summed E-state index contributed by atoms with van der Waals surface area (Å²) in [5.74, 6) is 0.660. The first-order valence-electron chi connectivity index (χ1n) is 10.5. The Hall–Kier alpha value is 0.247. The van der Waals surface area contributed by atoms with E-state index in [1.807, 2.05) is 0 Å². The fourth-order valence-corrected chi connectivity index (χ4v) is 4.29. The molecule has 1 atom stereocenters. The van der Waals surface area contributed by atoms with E-state index in [9.17, 15) is 0 Å². The molecule has 0 nitrogen and oxygen atoms in total. The van der Waals surface area contributed by atoms with Gasteiger partial charge in [-0.05, 0) is 12.0 Å². The van der Waals surface area contributed by atoms with E-state index in [4.69, 9.17) is 11.6 Å². The molecule has 0 saturated heterocycles. The van der Waals surface area contributed by atoms with E-state index in [1.165, 1.54) is 119 Å². The summed E-state index contributed by atoms with van der Waals surface area (Å²) in [4.78, 5) is 0. The Morgan fingerprint density at radius 3 is 1.43 bits per heavy atom. The van der Waals surface area contributed by atoms with Crippen molar-refractivity contribution in [2.24, 2.45) is 0 Å². The SMILES string of the molecule is C=C(CCl)C([SiH3])CCCCCCCCCCCCCCCCC. The molecule has 138 valence electrons. The van der Waals surface area contributed by atoms with Crippen LogP contribution in [0.5, 0.6) is 0 Å². The van der Waals surface area contributed by atoms with Crippen LogP contribution in [0.1, 0.15) is 110 Å². The summed E-state index contributed by atoms with van der Waals surface area (Å²) in [6.07, 6.45) is 23.0. The van der Waals surface area contributed by atoms with Gasteiger partial charge in [0.05, 0.1) is 0 Å². The molecule has 0 fully saturated rings. The minimum Gasteiger partial charge on any atom is -0.122 e. The van der Waals surface area contributed by atoms with E-state index in [0.717, 1.165) is 5.54 Å². The lowest BCUT2D eigenvalue weighted by molar-refractivity contribution is 0.529. The molecular weight excluding hydrogens is 316 g/mol. The maximum absolute atomic E-state index is 5.84. The molecular formula is C21H43ClSi. The average molecular weight is 359 g/mol. The van der Waals surface area contributed by atoms with Gasteiger partial charge in [-0.15, -0.1) is 11.6 Å². The van der Waals surface area contributed by atoms with E-state index < -0.39 is 0 Å². The normalized spacial score (nSPS) is 12.6. The van der Waals surface area contributed by atoms with Crippen LogP contribution in [0, 0.1) is 0 Å². The highest BCUT2D eigenvalue weighted by atomic mass is 35.5. The van der Waals surface area contributed by atoms with Crippen LogP contribution in [0.4, 0.5) is 0 Å². The number of alkyl halides is 1. The summed E-state index contributed by atoms with van der Waals surface area (Å²) in [7, 11) is 1.22. The Balaban J connectivity index is 3.09. The Labute approximate surface area is 155 Å². The minimum absolute atomic E-state index is 0.660. The molecule has 0 aromatic rings. The Morgan fingerprint density at radius 2 is 1.09 bits per heavy atom. The number of hydrogen-bond acceptors (Lipinski definition) is 0. The van der Waals surface area contributed by atoms with Crippen molar-refractivity contribution in [1.82, 2.24) is 0 Å². The summed E-state index contributed by atoms with van der Waals surface area (Å²) in [5.41, 5.74) is 2.01. The van der Waals surface area contributed by atoms with Crippen molar-refractivity contribution in [2.45, 2.75) is 115 Å². The second-order valence-corrected chi connectivity index (χ2v) is 9.09. The number of halogens is 1. The topological polar surface area (TPSA) is 0 Å². The fraction of sp³-hybridized carbons (Fsp3) is 0.905. The van der Waals surface area contributed by atoms with Gasteiger partial charge >= 0.3 is 0 Å². The molecule has 2 heteroatoms. The van der Waals surface area contributed by atoms with Crippen LogP contribution >= 0.6 is 11.6 Å². The van der Waals surface area contributed by atoms with E-state index in [0.29, 0.717) is 5.88 Å². The van der Waals surface area contributed by atoms with Gasteiger partial charge in [0.15, 0.2) is 0 Å². The number of allylic oxidation sites excluding steroid dienone is 1. The Bertz CT molecular complexity index is 252. The maximum Gasteiger partial charge on any atom is 0.0430 e.